The molecule has 2 heterocycles. The summed E-state index contributed by atoms with van der Waals surface area (Å²) >= 11 is 0. The van der Waals surface area contributed by atoms with Crippen LogP contribution in [0.2, 0.25) is 0 Å². The summed E-state index contributed by atoms with van der Waals surface area (Å²) in [5.74, 6) is -0.575. The Morgan fingerprint density at radius 1 is 0.383 bits per heavy atom. The monoisotopic (exact) mass is 611 g/mol. The van der Waals surface area contributed by atoms with Crippen molar-refractivity contribution >= 4 is 60.7 Å². The first-order valence-corrected chi connectivity index (χ1v) is 15.6. The van der Waals surface area contributed by atoms with Crippen LogP contribution in [0.4, 0.5) is 25.8 Å². The minimum absolute atomic E-state index is 0.285. The molecule has 9 rings (SSSR count). The van der Waals surface area contributed by atoms with E-state index >= 15 is 0 Å². The minimum atomic E-state index is -0.290. The summed E-state index contributed by atoms with van der Waals surface area (Å²) in [6.07, 6.45) is 0. The number of anilines is 3. The van der Waals surface area contributed by atoms with Crippen LogP contribution in [0.5, 0.6) is 0 Å². The molecule has 0 amide bonds. The van der Waals surface area contributed by atoms with Gasteiger partial charge >= 0.3 is 0 Å². The molecule has 9 aromatic rings. The van der Waals surface area contributed by atoms with Crippen LogP contribution in [0.3, 0.4) is 0 Å². The van der Waals surface area contributed by atoms with Crippen molar-refractivity contribution in [2.45, 2.75) is 0 Å². The highest BCUT2D eigenvalue weighted by molar-refractivity contribution is 6.15. The second kappa shape index (κ2) is 10.7. The number of benzene rings is 7. The number of hydrogen-bond donors (Lipinski definition) is 0. The second-order valence-electron chi connectivity index (χ2n) is 11.7. The predicted octanol–water partition coefficient (Wildman–Crippen LogP) is 11.6. The highest BCUT2D eigenvalue weighted by atomic mass is 19.1. The summed E-state index contributed by atoms with van der Waals surface area (Å²) in [4.78, 5) is 2.25. The third kappa shape index (κ3) is 4.32. The average Bonchev–Trinajstić information content (AvgIpc) is 3.62. The van der Waals surface area contributed by atoms with Crippen molar-refractivity contribution in [3.05, 3.63) is 175 Å². The first kappa shape index (κ1) is 27.1. The van der Waals surface area contributed by atoms with Gasteiger partial charge in [-0.2, -0.15) is 0 Å². The molecule has 0 N–H and O–H groups in total. The van der Waals surface area contributed by atoms with E-state index in [1.807, 2.05) is 54.6 Å². The zero-order chi connectivity index (χ0) is 31.5. The molecule has 0 radical (unpaired) electrons. The molecule has 5 heteroatoms. The maximum atomic E-state index is 14.7. The number of fused-ring (bicyclic) bond motifs is 6. The molecular weight excluding hydrogens is 584 g/mol. The van der Waals surface area contributed by atoms with E-state index in [2.05, 4.69) is 86.8 Å². The highest BCUT2D eigenvalue weighted by Crippen LogP contribution is 2.44. The highest BCUT2D eigenvalue weighted by Gasteiger charge is 2.23. The lowest BCUT2D eigenvalue weighted by atomic mass is 10.1. The topological polar surface area (TPSA) is 13.1 Å². The molecule has 0 aliphatic heterocycles. The largest absolute Gasteiger partial charge is 0.309 e. The minimum Gasteiger partial charge on any atom is -0.309 e. The van der Waals surface area contributed by atoms with Crippen molar-refractivity contribution in [3.8, 4) is 11.4 Å². The van der Waals surface area contributed by atoms with Gasteiger partial charge in [-0.05, 0) is 78.9 Å². The predicted molar refractivity (Wildman–Crippen MR) is 190 cm³/mol. The van der Waals surface area contributed by atoms with E-state index in [-0.39, 0.29) is 11.6 Å². The Morgan fingerprint density at radius 2 is 0.936 bits per heavy atom. The van der Waals surface area contributed by atoms with Gasteiger partial charge in [0.1, 0.15) is 11.6 Å². The summed E-state index contributed by atoms with van der Waals surface area (Å²) in [7, 11) is 0. The molecule has 0 spiro atoms. The van der Waals surface area contributed by atoms with E-state index in [9.17, 15) is 8.78 Å². The molecule has 2 aromatic heterocycles. The van der Waals surface area contributed by atoms with Crippen LogP contribution in [-0.2, 0) is 0 Å². The van der Waals surface area contributed by atoms with Crippen molar-refractivity contribution in [1.82, 2.24) is 9.13 Å². The number of rotatable bonds is 5. The average molecular weight is 612 g/mol. The van der Waals surface area contributed by atoms with Gasteiger partial charge in [-0.1, -0.05) is 84.9 Å². The fourth-order valence-electron chi connectivity index (χ4n) is 7.06. The number of hydrogen-bond acceptors (Lipinski definition) is 1. The summed E-state index contributed by atoms with van der Waals surface area (Å²) in [6, 6.07) is 53.1. The van der Waals surface area contributed by atoms with Crippen molar-refractivity contribution in [1.29, 1.82) is 0 Å². The Hall–Kier alpha value is -6.20. The van der Waals surface area contributed by atoms with Crippen molar-refractivity contribution < 1.29 is 8.78 Å². The zero-order valence-corrected chi connectivity index (χ0v) is 25.2. The molecule has 47 heavy (non-hydrogen) atoms. The molecule has 224 valence electrons. The number of nitrogens with zero attached hydrogens (tertiary/aromatic N) is 3. The van der Waals surface area contributed by atoms with Gasteiger partial charge in [-0.15, -0.1) is 0 Å². The molecular formula is C42H27F2N3. The van der Waals surface area contributed by atoms with Crippen molar-refractivity contribution in [2.75, 3.05) is 4.90 Å². The van der Waals surface area contributed by atoms with E-state index in [4.69, 9.17) is 0 Å². The van der Waals surface area contributed by atoms with Crippen molar-refractivity contribution in [3.63, 3.8) is 0 Å². The van der Waals surface area contributed by atoms with Crippen LogP contribution in [-0.4, -0.2) is 9.13 Å². The van der Waals surface area contributed by atoms with Gasteiger partial charge in [0, 0.05) is 44.3 Å². The van der Waals surface area contributed by atoms with E-state index in [1.54, 1.807) is 24.3 Å². The smallest absolute Gasteiger partial charge is 0.125 e. The number of para-hydroxylation sites is 4. The standard InChI is InChI=1S/C42H27F2N3/c43-28-11-8-15-31(25-28)46-38-20-6-4-17-34(38)36-24-23-33(27-41(36)46)45(30-13-2-1-3-14-30)40-22-10-19-37-35-18-5-7-21-39(35)47(42(37)40)32-16-9-12-29(44)26-32/h1-27H. The first-order chi connectivity index (χ1) is 23.2. The van der Waals surface area contributed by atoms with Crippen LogP contribution < -0.4 is 4.90 Å². The summed E-state index contributed by atoms with van der Waals surface area (Å²) in [5, 5.41) is 4.33. The molecule has 0 fully saturated rings. The normalized spacial score (nSPS) is 11.6. The lowest BCUT2D eigenvalue weighted by Gasteiger charge is -2.27. The third-order valence-corrected chi connectivity index (χ3v) is 8.98. The fraction of sp³-hybridized carbons (Fsp3) is 0. The van der Waals surface area contributed by atoms with Gasteiger partial charge in [-0.25, -0.2) is 8.78 Å². The van der Waals surface area contributed by atoms with Gasteiger partial charge in [0.15, 0.2) is 0 Å². The van der Waals surface area contributed by atoms with E-state index < -0.39 is 0 Å². The van der Waals surface area contributed by atoms with Crippen LogP contribution in [0, 0.1) is 11.6 Å². The molecule has 0 saturated carbocycles. The quantitative estimate of drug-likeness (QED) is 0.189. The third-order valence-electron chi connectivity index (χ3n) is 8.98. The molecule has 0 bridgehead atoms. The van der Waals surface area contributed by atoms with Gasteiger partial charge < -0.3 is 14.0 Å². The van der Waals surface area contributed by atoms with E-state index in [1.165, 1.54) is 12.1 Å². The number of halogens is 2. The Morgan fingerprint density at radius 3 is 1.64 bits per heavy atom. The molecule has 0 saturated heterocycles. The summed E-state index contributed by atoms with van der Waals surface area (Å²) < 4.78 is 33.6. The fourth-order valence-corrected chi connectivity index (χ4v) is 7.06. The van der Waals surface area contributed by atoms with Crippen LogP contribution >= 0.6 is 0 Å². The maximum absolute atomic E-state index is 14.7. The zero-order valence-electron chi connectivity index (χ0n) is 25.2. The summed E-state index contributed by atoms with van der Waals surface area (Å²) in [6.45, 7) is 0. The van der Waals surface area contributed by atoms with Gasteiger partial charge in [-0.3, -0.25) is 0 Å². The molecule has 3 nitrogen and oxygen atoms in total. The summed E-state index contributed by atoms with van der Waals surface area (Å²) in [5.41, 5.74) is 8.30. The van der Waals surface area contributed by atoms with Crippen LogP contribution in [0.1, 0.15) is 0 Å². The molecule has 7 aromatic carbocycles. The first-order valence-electron chi connectivity index (χ1n) is 15.6. The molecule has 0 unspecified atom stereocenters. The Balaban J connectivity index is 1.38. The molecule has 0 aliphatic carbocycles. The molecule has 0 aliphatic rings. The van der Waals surface area contributed by atoms with Gasteiger partial charge in [0.05, 0.1) is 27.8 Å². The van der Waals surface area contributed by atoms with E-state index in [0.29, 0.717) is 0 Å². The van der Waals surface area contributed by atoms with Crippen LogP contribution in [0.15, 0.2) is 164 Å². The van der Waals surface area contributed by atoms with Crippen LogP contribution in [0.25, 0.3) is 55.0 Å². The number of aromatic nitrogens is 2. The lowest BCUT2D eigenvalue weighted by Crippen LogP contribution is -2.12. The Kier molecular flexibility index (Phi) is 6.18. The van der Waals surface area contributed by atoms with Gasteiger partial charge in [0.2, 0.25) is 0 Å². The van der Waals surface area contributed by atoms with Crippen molar-refractivity contribution in [2.24, 2.45) is 0 Å². The molecule has 0 atom stereocenters. The second-order valence-corrected chi connectivity index (χ2v) is 11.7. The Labute approximate surface area is 269 Å². The maximum Gasteiger partial charge on any atom is 0.125 e. The van der Waals surface area contributed by atoms with Gasteiger partial charge in [0.25, 0.3) is 0 Å². The Bertz CT molecular complexity index is 2620. The van der Waals surface area contributed by atoms with E-state index in [0.717, 1.165) is 72.0 Å². The SMILES string of the molecule is Fc1cccc(-n2c3ccccc3c3ccc(N(c4ccccc4)c4cccc5c6ccccc6n(-c6cccc(F)c6)c45)cc32)c1. The lowest BCUT2D eigenvalue weighted by molar-refractivity contribution is 0.626.